The van der Waals surface area contributed by atoms with Crippen LogP contribution in [0.4, 0.5) is 6.01 Å². The van der Waals surface area contributed by atoms with Crippen molar-refractivity contribution in [2.24, 2.45) is 5.41 Å². The van der Waals surface area contributed by atoms with Gasteiger partial charge in [-0.1, -0.05) is 12.1 Å². The van der Waals surface area contributed by atoms with Gasteiger partial charge in [-0.25, -0.2) is 0 Å². The summed E-state index contributed by atoms with van der Waals surface area (Å²) in [6.07, 6.45) is 3.22. The molecule has 3 rings (SSSR count). The van der Waals surface area contributed by atoms with Crippen molar-refractivity contribution in [2.45, 2.75) is 19.3 Å². The molecule has 2 N–H and O–H groups in total. The van der Waals surface area contributed by atoms with Crippen LogP contribution in [0.25, 0.3) is 11.1 Å². The van der Waals surface area contributed by atoms with Crippen LogP contribution in [0.15, 0.2) is 28.7 Å². The first-order valence-electron chi connectivity index (χ1n) is 6.02. The molecule has 1 heterocycles. The highest BCUT2D eigenvalue weighted by molar-refractivity contribution is 5.74. The van der Waals surface area contributed by atoms with Crippen LogP contribution in [-0.2, 0) is 0 Å². The van der Waals surface area contributed by atoms with E-state index in [2.05, 4.69) is 10.3 Å². The van der Waals surface area contributed by atoms with Crippen molar-refractivity contribution in [1.82, 2.24) is 4.98 Å². The topological polar surface area (TPSA) is 58.3 Å². The predicted octanol–water partition coefficient (Wildman–Crippen LogP) is 2.40. The van der Waals surface area contributed by atoms with Gasteiger partial charge in [0, 0.05) is 13.2 Å². The van der Waals surface area contributed by atoms with Crippen molar-refractivity contribution >= 4 is 17.1 Å². The lowest BCUT2D eigenvalue weighted by atomic mass is 10.0. The molecule has 1 saturated carbocycles. The SMILES string of the molecule is OCCC1(CNc2nc3ccccc3o2)CC1. The van der Waals surface area contributed by atoms with Crippen LogP contribution < -0.4 is 5.32 Å². The largest absolute Gasteiger partial charge is 0.424 e. The second kappa shape index (κ2) is 4.04. The number of benzene rings is 1. The average molecular weight is 232 g/mol. The minimum atomic E-state index is 0.259. The average Bonchev–Trinajstić information content (AvgIpc) is 2.98. The van der Waals surface area contributed by atoms with Crippen molar-refractivity contribution < 1.29 is 9.52 Å². The summed E-state index contributed by atoms with van der Waals surface area (Å²) < 4.78 is 5.58. The molecule has 0 unspecified atom stereocenters. The van der Waals surface area contributed by atoms with Gasteiger partial charge in [-0.3, -0.25) is 0 Å². The van der Waals surface area contributed by atoms with Gasteiger partial charge in [-0.05, 0) is 36.8 Å². The number of rotatable bonds is 5. The van der Waals surface area contributed by atoms with Crippen molar-refractivity contribution in [3.8, 4) is 0 Å². The first-order chi connectivity index (χ1) is 8.31. The molecule has 1 fully saturated rings. The first-order valence-corrected chi connectivity index (χ1v) is 6.02. The molecule has 0 bridgehead atoms. The standard InChI is InChI=1S/C13H16N2O2/c16-8-7-13(5-6-13)9-14-12-15-10-3-1-2-4-11(10)17-12/h1-4,16H,5-9H2,(H,14,15). The van der Waals surface area contributed by atoms with E-state index in [4.69, 9.17) is 9.52 Å². The van der Waals surface area contributed by atoms with E-state index in [9.17, 15) is 0 Å². The highest BCUT2D eigenvalue weighted by atomic mass is 16.4. The normalized spacial score (nSPS) is 17.2. The van der Waals surface area contributed by atoms with Crippen LogP contribution in [0.5, 0.6) is 0 Å². The Bertz CT molecular complexity index is 484. The molecule has 0 atom stereocenters. The molecule has 90 valence electrons. The maximum atomic E-state index is 8.99. The predicted molar refractivity (Wildman–Crippen MR) is 65.9 cm³/mol. The Morgan fingerprint density at radius 2 is 2.18 bits per heavy atom. The molecule has 4 heteroatoms. The fourth-order valence-electron chi connectivity index (χ4n) is 2.14. The van der Waals surface area contributed by atoms with Gasteiger partial charge in [-0.15, -0.1) is 0 Å². The van der Waals surface area contributed by atoms with E-state index in [-0.39, 0.29) is 12.0 Å². The lowest BCUT2D eigenvalue weighted by Crippen LogP contribution is -2.16. The van der Waals surface area contributed by atoms with Gasteiger partial charge in [0.25, 0.3) is 6.01 Å². The van der Waals surface area contributed by atoms with Crippen molar-refractivity contribution in [2.75, 3.05) is 18.5 Å². The van der Waals surface area contributed by atoms with E-state index in [1.807, 2.05) is 24.3 Å². The van der Waals surface area contributed by atoms with Gasteiger partial charge in [0.1, 0.15) is 5.52 Å². The number of para-hydroxylation sites is 2. The summed E-state index contributed by atoms with van der Waals surface area (Å²) in [4.78, 5) is 4.36. The zero-order valence-electron chi connectivity index (χ0n) is 9.65. The molecule has 0 amide bonds. The van der Waals surface area contributed by atoms with E-state index < -0.39 is 0 Å². The Morgan fingerprint density at radius 3 is 2.88 bits per heavy atom. The van der Waals surface area contributed by atoms with Crippen LogP contribution in [0.1, 0.15) is 19.3 Å². The quantitative estimate of drug-likeness (QED) is 0.831. The zero-order valence-corrected chi connectivity index (χ0v) is 9.65. The van der Waals surface area contributed by atoms with Gasteiger partial charge < -0.3 is 14.8 Å². The summed E-state index contributed by atoms with van der Waals surface area (Å²) >= 11 is 0. The third kappa shape index (κ3) is 2.13. The van der Waals surface area contributed by atoms with Crippen LogP contribution in [0.3, 0.4) is 0 Å². The minimum Gasteiger partial charge on any atom is -0.424 e. The lowest BCUT2D eigenvalue weighted by molar-refractivity contribution is 0.253. The Kier molecular flexibility index (Phi) is 2.52. The smallest absolute Gasteiger partial charge is 0.295 e. The van der Waals surface area contributed by atoms with Gasteiger partial charge in [0.2, 0.25) is 0 Å². The lowest BCUT2D eigenvalue weighted by Gasteiger charge is -2.12. The summed E-state index contributed by atoms with van der Waals surface area (Å²) in [6.45, 7) is 1.09. The summed E-state index contributed by atoms with van der Waals surface area (Å²) in [5.41, 5.74) is 1.96. The Labute approximate surface area is 99.7 Å². The third-order valence-electron chi connectivity index (χ3n) is 3.51. The van der Waals surface area contributed by atoms with Crippen LogP contribution in [-0.4, -0.2) is 23.2 Å². The molecule has 1 aliphatic carbocycles. The summed E-state index contributed by atoms with van der Waals surface area (Å²) in [7, 11) is 0. The van der Waals surface area contributed by atoms with Crippen molar-refractivity contribution in [3.05, 3.63) is 24.3 Å². The second-order valence-corrected chi connectivity index (χ2v) is 4.81. The Balaban J connectivity index is 1.69. The molecular formula is C13H16N2O2. The Morgan fingerprint density at radius 1 is 1.35 bits per heavy atom. The molecule has 4 nitrogen and oxygen atoms in total. The highest BCUT2D eigenvalue weighted by Gasteiger charge is 2.41. The van der Waals surface area contributed by atoms with E-state index in [1.54, 1.807) is 0 Å². The number of aliphatic hydroxyl groups excluding tert-OH is 1. The zero-order chi connectivity index (χ0) is 11.7. The monoisotopic (exact) mass is 232 g/mol. The summed E-state index contributed by atoms with van der Waals surface area (Å²) in [6, 6.07) is 8.31. The van der Waals surface area contributed by atoms with Crippen LogP contribution in [0.2, 0.25) is 0 Å². The van der Waals surface area contributed by atoms with E-state index in [1.165, 1.54) is 12.8 Å². The molecule has 0 aliphatic heterocycles. The number of oxazole rings is 1. The number of anilines is 1. The number of fused-ring (bicyclic) bond motifs is 1. The fourth-order valence-corrected chi connectivity index (χ4v) is 2.14. The van der Waals surface area contributed by atoms with E-state index >= 15 is 0 Å². The number of nitrogens with one attached hydrogen (secondary N) is 1. The molecule has 0 radical (unpaired) electrons. The molecule has 1 aliphatic rings. The molecular weight excluding hydrogens is 216 g/mol. The van der Waals surface area contributed by atoms with E-state index in [0.29, 0.717) is 6.01 Å². The minimum absolute atomic E-state index is 0.259. The first kappa shape index (κ1) is 10.6. The molecule has 17 heavy (non-hydrogen) atoms. The molecule has 0 saturated heterocycles. The number of nitrogens with zero attached hydrogens (tertiary/aromatic N) is 1. The summed E-state index contributed by atoms with van der Waals surface area (Å²) in [5.74, 6) is 0. The van der Waals surface area contributed by atoms with Crippen LogP contribution >= 0.6 is 0 Å². The number of aliphatic hydroxyl groups is 1. The molecule has 0 spiro atoms. The van der Waals surface area contributed by atoms with Gasteiger partial charge in [0.05, 0.1) is 0 Å². The molecule has 2 aromatic rings. The van der Waals surface area contributed by atoms with E-state index in [0.717, 1.165) is 24.1 Å². The van der Waals surface area contributed by atoms with Gasteiger partial charge in [0.15, 0.2) is 5.58 Å². The fraction of sp³-hybridized carbons (Fsp3) is 0.462. The number of hydrogen-bond acceptors (Lipinski definition) is 4. The third-order valence-corrected chi connectivity index (χ3v) is 3.51. The van der Waals surface area contributed by atoms with Gasteiger partial charge in [-0.2, -0.15) is 4.98 Å². The summed E-state index contributed by atoms with van der Waals surface area (Å²) in [5, 5.41) is 12.2. The van der Waals surface area contributed by atoms with Crippen LogP contribution in [0, 0.1) is 5.41 Å². The number of aromatic nitrogens is 1. The Hall–Kier alpha value is -1.55. The maximum Gasteiger partial charge on any atom is 0.295 e. The van der Waals surface area contributed by atoms with Crippen molar-refractivity contribution in [1.29, 1.82) is 0 Å². The molecule has 1 aromatic heterocycles. The second-order valence-electron chi connectivity index (χ2n) is 4.81. The maximum absolute atomic E-state index is 8.99. The highest BCUT2D eigenvalue weighted by Crippen LogP contribution is 2.48. The van der Waals surface area contributed by atoms with Gasteiger partial charge >= 0.3 is 0 Å². The van der Waals surface area contributed by atoms with Crippen molar-refractivity contribution in [3.63, 3.8) is 0 Å². The number of hydrogen-bond donors (Lipinski definition) is 2. The molecule has 1 aromatic carbocycles.